The van der Waals surface area contributed by atoms with Gasteiger partial charge in [-0.15, -0.1) is 0 Å². The van der Waals surface area contributed by atoms with E-state index in [4.69, 9.17) is 0 Å². The number of carboxylic acids is 1. The summed E-state index contributed by atoms with van der Waals surface area (Å²) in [5.41, 5.74) is -1.06. The van der Waals surface area contributed by atoms with Gasteiger partial charge in [0.25, 0.3) is 0 Å². The fourth-order valence-corrected chi connectivity index (χ4v) is 3.79. The average molecular weight is 262 g/mol. The van der Waals surface area contributed by atoms with E-state index in [0.29, 0.717) is 16.7 Å². The maximum atomic E-state index is 12.4. The highest BCUT2D eigenvalue weighted by atomic mass is 16.4. The minimum atomic E-state index is -1.12. The largest absolute Gasteiger partial charge is 0.481 e. The van der Waals surface area contributed by atoms with Crippen LogP contribution in [0.3, 0.4) is 0 Å². The lowest BCUT2D eigenvalue weighted by atomic mass is 9.67. The second-order valence-electron chi connectivity index (χ2n) is 6.64. The molecular formula is C15H18O4. The summed E-state index contributed by atoms with van der Waals surface area (Å²) in [6.45, 7) is 7.22. The Hall–Kier alpha value is -1.42. The van der Waals surface area contributed by atoms with E-state index < -0.39 is 22.4 Å². The van der Waals surface area contributed by atoms with Gasteiger partial charge in [-0.2, -0.15) is 0 Å². The number of rotatable bonds is 1. The Kier molecular flexibility index (Phi) is 2.11. The summed E-state index contributed by atoms with van der Waals surface area (Å²) in [5, 5.41) is 20.2. The van der Waals surface area contributed by atoms with Gasteiger partial charge in [0, 0.05) is 16.6 Å². The van der Waals surface area contributed by atoms with Crippen molar-refractivity contribution < 1.29 is 19.8 Å². The first-order chi connectivity index (χ1) is 8.66. The van der Waals surface area contributed by atoms with Gasteiger partial charge < -0.3 is 10.2 Å². The van der Waals surface area contributed by atoms with E-state index >= 15 is 0 Å². The zero-order valence-electron chi connectivity index (χ0n) is 11.2. The Labute approximate surface area is 111 Å². The van der Waals surface area contributed by atoms with Crippen LogP contribution in [0.4, 0.5) is 0 Å². The van der Waals surface area contributed by atoms with Gasteiger partial charge in [-0.3, -0.25) is 9.59 Å². The van der Waals surface area contributed by atoms with E-state index in [1.807, 2.05) is 0 Å². The highest BCUT2D eigenvalue weighted by Gasteiger charge is 2.66. The molecule has 0 aromatic rings. The van der Waals surface area contributed by atoms with Gasteiger partial charge in [-0.1, -0.05) is 6.58 Å². The molecule has 3 aliphatic carbocycles. The molecule has 4 nitrogen and oxygen atoms in total. The van der Waals surface area contributed by atoms with Crippen LogP contribution in [0.15, 0.2) is 23.3 Å². The summed E-state index contributed by atoms with van der Waals surface area (Å²) >= 11 is 0. The second kappa shape index (κ2) is 3.18. The maximum Gasteiger partial charge on any atom is 0.310 e. The fraction of sp³-hybridized carbons (Fsp3) is 0.600. The van der Waals surface area contributed by atoms with Gasteiger partial charge in [0.15, 0.2) is 5.78 Å². The van der Waals surface area contributed by atoms with Gasteiger partial charge in [0.1, 0.15) is 0 Å². The molecule has 0 aliphatic heterocycles. The van der Waals surface area contributed by atoms with Crippen molar-refractivity contribution in [2.75, 3.05) is 0 Å². The summed E-state index contributed by atoms with van der Waals surface area (Å²) in [7, 11) is 0. The Morgan fingerprint density at radius 2 is 1.84 bits per heavy atom. The van der Waals surface area contributed by atoms with Crippen molar-refractivity contribution in [2.24, 2.45) is 10.8 Å². The van der Waals surface area contributed by atoms with E-state index in [9.17, 15) is 19.8 Å². The Balaban J connectivity index is 2.12. The van der Waals surface area contributed by atoms with Crippen LogP contribution in [-0.4, -0.2) is 27.6 Å². The molecule has 2 atom stereocenters. The zero-order chi connectivity index (χ0) is 14.2. The second-order valence-corrected chi connectivity index (χ2v) is 6.64. The molecule has 0 bridgehead atoms. The van der Waals surface area contributed by atoms with E-state index in [0.717, 1.165) is 12.8 Å². The van der Waals surface area contributed by atoms with Crippen LogP contribution >= 0.6 is 0 Å². The van der Waals surface area contributed by atoms with Crippen molar-refractivity contribution in [3.63, 3.8) is 0 Å². The Morgan fingerprint density at radius 1 is 1.26 bits per heavy atom. The monoisotopic (exact) mass is 262 g/mol. The van der Waals surface area contributed by atoms with Crippen molar-refractivity contribution in [2.45, 2.75) is 45.1 Å². The number of carbonyl (C=O) groups excluding carboxylic acids is 1. The quantitative estimate of drug-likeness (QED) is 0.707. The van der Waals surface area contributed by atoms with Gasteiger partial charge in [-0.05, 0) is 45.1 Å². The summed E-state index contributed by atoms with van der Waals surface area (Å²) in [5.74, 6) is -1.05. The van der Waals surface area contributed by atoms with Crippen LogP contribution in [0.1, 0.15) is 39.5 Å². The highest BCUT2D eigenvalue weighted by Crippen LogP contribution is 2.67. The lowest BCUT2D eigenvalue weighted by molar-refractivity contribution is -0.147. The number of Topliss-reactive ketones (excluding diaryl/α,β-unsaturated/α-hetero) is 1. The molecule has 0 unspecified atom stereocenters. The molecule has 3 rings (SSSR count). The number of hydrogen-bond donors (Lipinski definition) is 2. The molecule has 1 fully saturated rings. The first kappa shape index (κ1) is 12.6. The van der Waals surface area contributed by atoms with Gasteiger partial charge in [-0.25, -0.2) is 0 Å². The van der Waals surface area contributed by atoms with Gasteiger partial charge in [0.05, 0.1) is 11.0 Å². The summed E-state index contributed by atoms with van der Waals surface area (Å²) in [6, 6.07) is 0. The molecule has 0 amide bonds. The lowest BCUT2D eigenvalue weighted by Gasteiger charge is -2.40. The first-order valence-electron chi connectivity index (χ1n) is 6.58. The van der Waals surface area contributed by atoms with Crippen molar-refractivity contribution in [3.8, 4) is 0 Å². The van der Waals surface area contributed by atoms with Crippen LogP contribution in [-0.2, 0) is 9.59 Å². The third-order valence-electron chi connectivity index (χ3n) is 5.41. The molecule has 1 spiro atoms. The molecule has 19 heavy (non-hydrogen) atoms. The van der Waals surface area contributed by atoms with Crippen LogP contribution in [0, 0.1) is 10.8 Å². The third kappa shape index (κ3) is 1.27. The first-order valence-corrected chi connectivity index (χ1v) is 6.58. The minimum Gasteiger partial charge on any atom is -0.481 e. The molecule has 1 saturated carbocycles. The van der Waals surface area contributed by atoms with Crippen molar-refractivity contribution >= 4 is 11.8 Å². The Bertz CT molecular complexity index is 563. The molecular weight excluding hydrogens is 244 g/mol. The van der Waals surface area contributed by atoms with E-state index in [-0.39, 0.29) is 18.6 Å². The molecule has 0 radical (unpaired) electrons. The number of carbonyl (C=O) groups is 2. The number of aliphatic hydroxyl groups is 1. The zero-order valence-corrected chi connectivity index (χ0v) is 11.2. The minimum absolute atomic E-state index is 0.135. The molecule has 4 heteroatoms. The molecule has 0 saturated heterocycles. The van der Waals surface area contributed by atoms with E-state index in [1.54, 1.807) is 13.8 Å². The van der Waals surface area contributed by atoms with Gasteiger partial charge >= 0.3 is 5.97 Å². The molecule has 0 aromatic carbocycles. The number of aliphatic carboxylic acids is 1. The molecule has 3 aliphatic rings. The molecule has 2 N–H and O–H groups in total. The molecule has 0 heterocycles. The lowest BCUT2D eigenvalue weighted by Crippen LogP contribution is -2.45. The SMILES string of the molecule is C=C1C(=O)C2=C(C[C@@](C)(C(=O)O)C2)[C@@](C)(O)C12CC2. The Morgan fingerprint density at radius 3 is 2.32 bits per heavy atom. The number of allylic oxidation sites excluding steroid dienone is 1. The van der Waals surface area contributed by atoms with Crippen LogP contribution in [0.5, 0.6) is 0 Å². The number of ketones is 1. The summed E-state index contributed by atoms with van der Waals surface area (Å²) < 4.78 is 0. The van der Waals surface area contributed by atoms with Crippen LogP contribution in [0.2, 0.25) is 0 Å². The predicted octanol–water partition coefficient (Wildman–Crippen LogP) is 1.84. The van der Waals surface area contributed by atoms with Crippen LogP contribution < -0.4 is 0 Å². The van der Waals surface area contributed by atoms with Gasteiger partial charge in [0.2, 0.25) is 0 Å². The standard InChI is InChI=1S/C15H18O4/c1-8-11(16)9-6-13(2,12(17)18)7-10(9)14(3,19)15(8)4-5-15/h19H,1,4-7H2,2-3H3,(H,17,18)/t13-,14+/m0/s1. The molecule has 0 aromatic heterocycles. The fourth-order valence-electron chi connectivity index (χ4n) is 3.79. The summed E-state index contributed by atoms with van der Waals surface area (Å²) in [4.78, 5) is 23.8. The van der Waals surface area contributed by atoms with E-state index in [2.05, 4.69) is 6.58 Å². The highest BCUT2D eigenvalue weighted by molar-refractivity contribution is 6.12. The maximum absolute atomic E-state index is 12.4. The topological polar surface area (TPSA) is 74.6 Å². The molecule has 102 valence electrons. The average Bonchev–Trinajstić information content (AvgIpc) is 3.05. The predicted molar refractivity (Wildman–Crippen MR) is 68.4 cm³/mol. The third-order valence-corrected chi connectivity index (χ3v) is 5.41. The number of hydrogen-bond acceptors (Lipinski definition) is 3. The van der Waals surface area contributed by atoms with Crippen molar-refractivity contribution in [1.82, 2.24) is 0 Å². The summed E-state index contributed by atoms with van der Waals surface area (Å²) in [6.07, 6.45) is 1.96. The normalized spacial score (nSPS) is 39.7. The van der Waals surface area contributed by atoms with Crippen molar-refractivity contribution in [3.05, 3.63) is 23.3 Å². The smallest absolute Gasteiger partial charge is 0.310 e. The van der Waals surface area contributed by atoms with E-state index in [1.165, 1.54) is 0 Å². The van der Waals surface area contributed by atoms with Crippen molar-refractivity contribution in [1.29, 1.82) is 0 Å². The van der Waals surface area contributed by atoms with Crippen LogP contribution in [0.25, 0.3) is 0 Å². The number of carboxylic acid groups (broad SMARTS) is 1.